The zero-order valence-electron chi connectivity index (χ0n) is 15.1. The molecule has 8 nitrogen and oxygen atoms in total. The second kappa shape index (κ2) is 7.65. The highest BCUT2D eigenvalue weighted by Gasteiger charge is 2.39. The third kappa shape index (κ3) is 3.45. The summed E-state index contributed by atoms with van der Waals surface area (Å²) in [5.74, 6) is -0.870. The Kier molecular flexibility index (Phi) is 5.32. The molecule has 138 valence electrons. The van der Waals surface area contributed by atoms with E-state index in [2.05, 4.69) is 10.2 Å². The summed E-state index contributed by atoms with van der Waals surface area (Å²) in [6.07, 6.45) is 2.68. The molecule has 1 saturated heterocycles. The Bertz CT molecular complexity index is 790. The van der Waals surface area contributed by atoms with Gasteiger partial charge in [-0.25, -0.2) is 4.79 Å². The van der Waals surface area contributed by atoms with Gasteiger partial charge in [-0.15, -0.1) is 0 Å². The Morgan fingerprint density at radius 3 is 2.73 bits per heavy atom. The van der Waals surface area contributed by atoms with Crippen molar-refractivity contribution in [1.29, 1.82) is 0 Å². The van der Waals surface area contributed by atoms with Crippen molar-refractivity contribution in [2.45, 2.75) is 39.5 Å². The van der Waals surface area contributed by atoms with Gasteiger partial charge in [0, 0.05) is 6.04 Å². The SMILES string of the molecule is CCOC(=O)[C@@H]1OCC[C@H](C)N1C(=O)c1cc(C)ccc1-n1nccn1. The quantitative estimate of drug-likeness (QED) is 0.774. The van der Waals surface area contributed by atoms with Crippen LogP contribution in [-0.2, 0) is 14.3 Å². The van der Waals surface area contributed by atoms with Gasteiger partial charge < -0.3 is 14.4 Å². The Labute approximate surface area is 151 Å². The normalized spacial score (nSPS) is 20.0. The summed E-state index contributed by atoms with van der Waals surface area (Å²) in [4.78, 5) is 28.5. The van der Waals surface area contributed by atoms with E-state index in [9.17, 15) is 9.59 Å². The first-order chi connectivity index (χ1) is 12.5. The highest BCUT2D eigenvalue weighted by Crippen LogP contribution is 2.24. The van der Waals surface area contributed by atoms with Crippen LogP contribution < -0.4 is 0 Å². The van der Waals surface area contributed by atoms with Crippen molar-refractivity contribution < 1.29 is 19.1 Å². The molecule has 0 radical (unpaired) electrons. The summed E-state index contributed by atoms with van der Waals surface area (Å²) >= 11 is 0. The second-order valence-electron chi connectivity index (χ2n) is 6.16. The molecular weight excluding hydrogens is 336 g/mol. The molecule has 0 bridgehead atoms. The van der Waals surface area contributed by atoms with Crippen LogP contribution in [0.4, 0.5) is 0 Å². The van der Waals surface area contributed by atoms with E-state index in [0.717, 1.165) is 5.56 Å². The van der Waals surface area contributed by atoms with Gasteiger partial charge in [0.25, 0.3) is 5.91 Å². The minimum atomic E-state index is -1.05. The average molecular weight is 358 g/mol. The van der Waals surface area contributed by atoms with E-state index in [0.29, 0.717) is 24.3 Å². The third-order valence-corrected chi connectivity index (χ3v) is 4.28. The van der Waals surface area contributed by atoms with Crippen molar-refractivity contribution in [1.82, 2.24) is 19.9 Å². The maximum absolute atomic E-state index is 13.4. The van der Waals surface area contributed by atoms with Crippen LogP contribution in [0.1, 0.15) is 36.2 Å². The zero-order valence-corrected chi connectivity index (χ0v) is 15.1. The number of nitrogens with zero attached hydrogens (tertiary/aromatic N) is 4. The molecule has 0 spiro atoms. The molecule has 2 atom stereocenters. The number of rotatable bonds is 4. The molecule has 1 fully saturated rings. The van der Waals surface area contributed by atoms with Crippen LogP contribution >= 0.6 is 0 Å². The second-order valence-corrected chi connectivity index (χ2v) is 6.16. The molecule has 2 aromatic rings. The minimum Gasteiger partial charge on any atom is -0.463 e. The van der Waals surface area contributed by atoms with E-state index in [1.807, 2.05) is 19.9 Å². The number of hydrogen-bond acceptors (Lipinski definition) is 6. The fourth-order valence-corrected chi connectivity index (χ4v) is 2.98. The molecule has 1 amide bonds. The third-order valence-electron chi connectivity index (χ3n) is 4.28. The van der Waals surface area contributed by atoms with Crippen molar-refractivity contribution in [3.8, 4) is 5.69 Å². The minimum absolute atomic E-state index is 0.162. The monoisotopic (exact) mass is 358 g/mol. The van der Waals surface area contributed by atoms with Crippen LogP contribution in [0.5, 0.6) is 0 Å². The molecule has 8 heteroatoms. The molecule has 1 aliphatic heterocycles. The van der Waals surface area contributed by atoms with E-state index in [1.54, 1.807) is 31.5 Å². The smallest absolute Gasteiger partial charge is 0.356 e. The molecule has 1 aromatic heterocycles. The molecule has 0 unspecified atom stereocenters. The van der Waals surface area contributed by atoms with Crippen LogP contribution in [0.15, 0.2) is 30.6 Å². The van der Waals surface area contributed by atoms with Gasteiger partial charge in [-0.1, -0.05) is 11.6 Å². The number of amides is 1. The molecule has 1 aliphatic rings. The summed E-state index contributed by atoms with van der Waals surface area (Å²) in [5, 5.41) is 8.24. The first-order valence-corrected chi connectivity index (χ1v) is 8.61. The fraction of sp³-hybridized carbons (Fsp3) is 0.444. The Hall–Kier alpha value is -2.74. The summed E-state index contributed by atoms with van der Waals surface area (Å²) < 4.78 is 10.7. The summed E-state index contributed by atoms with van der Waals surface area (Å²) in [6.45, 7) is 6.14. The van der Waals surface area contributed by atoms with Crippen molar-refractivity contribution in [3.05, 3.63) is 41.7 Å². The van der Waals surface area contributed by atoms with E-state index in [1.165, 1.54) is 9.70 Å². The van der Waals surface area contributed by atoms with Gasteiger partial charge >= 0.3 is 5.97 Å². The Balaban J connectivity index is 2.01. The fourth-order valence-electron chi connectivity index (χ4n) is 2.98. The lowest BCUT2D eigenvalue weighted by molar-refractivity contribution is -0.177. The summed E-state index contributed by atoms with van der Waals surface area (Å²) in [6, 6.07) is 5.28. The molecule has 0 saturated carbocycles. The van der Waals surface area contributed by atoms with Gasteiger partial charge in [0.05, 0.1) is 36.9 Å². The van der Waals surface area contributed by atoms with Gasteiger partial charge in [0.15, 0.2) is 0 Å². The van der Waals surface area contributed by atoms with E-state index in [4.69, 9.17) is 9.47 Å². The van der Waals surface area contributed by atoms with Crippen LogP contribution in [0, 0.1) is 6.92 Å². The van der Waals surface area contributed by atoms with Gasteiger partial charge in [-0.2, -0.15) is 15.0 Å². The van der Waals surface area contributed by atoms with Crippen LogP contribution in [0.2, 0.25) is 0 Å². The first-order valence-electron chi connectivity index (χ1n) is 8.61. The summed E-state index contributed by atoms with van der Waals surface area (Å²) in [5.41, 5.74) is 1.88. The van der Waals surface area contributed by atoms with Gasteiger partial charge in [-0.3, -0.25) is 4.79 Å². The van der Waals surface area contributed by atoms with Gasteiger partial charge in [0.2, 0.25) is 6.23 Å². The number of aryl methyl sites for hydroxylation is 1. The molecule has 2 heterocycles. The lowest BCUT2D eigenvalue weighted by atomic mass is 10.1. The maximum atomic E-state index is 13.4. The number of carbonyl (C=O) groups excluding carboxylic acids is 2. The van der Waals surface area contributed by atoms with Crippen LogP contribution in [0.25, 0.3) is 5.69 Å². The topological polar surface area (TPSA) is 86.5 Å². The molecule has 3 rings (SSSR count). The first kappa shape index (κ1) is 18.1. The highest BCUT2D eigenvalue weighted by atomic mass is 16.6. The number of esters is 1. The zero-order chi connectivity index (χ0) is 18.7. The number of aromatic nitrogens is 3. The average Bonchev–Trinajstić information content (AvgIpc) is 3.15. The molecule has 0 N–H and O–H groups in total. The molecule has 0 aliphatic carbocycles. The standard InChI is InChI=1S/C18H22N4O4/c1-4-25-18(24)17-21(13(3)7-10-26-17)16(23)14-11-12(2)5-6-15(14)22-19-8-9-20-22/h5-6,8-9,11,13,17H,4,7,10H2,1-3H3/t13-,17-/m0/s1. The van der Waals surface area contributed by atoms with Crippen molar-refractivity contribution in [3.63, 3.8) is 0 Å². The molecule has 26 heavy (non-hydrogen) atoms. The predicted molar refractivity (Wildman–Crippen MR) is 92.7 cm³/mol. The predicted octanol–water partition coefficient (Wildman–Crippen LogP) is 1.72. The van der Waals surface area contributed by atoms with Crippen molar-refractivity contribution >= 4 is 11.9 Å². The number of ether oxygens (including phenoxy) is 2. The Morgan fingerprint density at radius 2 is 2.04 bits per heavy atom. The number of hydrogen-bond donors (Lipinski definition) is 0. The largest absolute Gasteiger partial charge is 0.463 e. The summed E-state index contributed by atoms with van der Waals surface area (Å²) in [7, 11) is 0. The van der Waals surface area contributed by atoms with Crippen LogP contribution in [-0.4, -0.2) is 57.3 Å². The molecular formula is C18H22N4O4. The van der Waals surface area contributed by atoms with Crippen molar-refractivity contribution in [2.24, 2.45) is 0 Å². The van der Waals surface area contributed by atoms with Crippen molar-refractivity contribution in [2.75, 3.05) is 13.2 Å². The number of carbonyl (C=O) groups is 2. The van der Waals surface area contributed by atoms with Gasteiger partial charge in [-0.05, 0) is 39.3 Å². The molecule has 1 aromatic carbocycles. The maximum Gasteiger partial charge on any atom is 0.356 e. The highest BCUT2D eigenvalue weighted by molar-refractivity contribution is 6.00. The lowest BCUT2D eigenvalue weighted by Gasteiger charge is -2.39. The van der Waals surface area contributed by atoms with E-state index >= 15 is 0 Å². The van der Waals surface area contributed by atoms with E-state index < -0.39 is 12.2 Å². The van der Waals surface area contributed by atoms with Crippen LogP contribution in [0.3, 0.4) is 0 Å². The van der Waals surface area contributed by atoms with E-state index in [-0.39, 0.29) is 18.6 Å². The Morgan fingerprint density at radius 1 is 1.31 bits per heavy atom. The van der Waals surface area contributed by atoms with Gasteiger partial charge in [0.1, 0.15) is 0 Å². The number of benzene rings is 1. The lowest BCUT2D eigenvalue weighted by Crippen LogP contribution is -2.55.